The first-order valence-corrected chi connectivity index (χ1v) is 15.7. The molecule has 0 bridgehead atoms. The minimum absolute atomic E-state index is 0.737. The van der Waals surface area contributed by atoms with Gasteiger partial charge < -0.3 is 0 Å². The number of fused-ring (bicyclic) bond motifs is 3. The van der Waals surface area contributed by atoms with Crippen LogP contribution in [0.5, 0.6) is 0 Å². The molecule has 0 aliphatic carbocycles. The standard InChI is InChI=1S/C34H29N2Si/c1-23-17-18-27-28-19-20-29(35-2)32(26-15-11-14-25(22-26)24-12-7-6-8-13-24)34(28)37(4,5)33(27)31(23)30-16-9-10-21-36(30)3/h6-22H,1,3-5H3/q+1. The minimum atomic E-state index is -2.19. The molecule has 3 heteroatoms. The SMILES string of the molecule is [C-]#[N+]c1ccc2c(c1-c1cccc(-c3ccccc3)c1)[Si](C)(C)c1c-2ccc(C)c1-c1cccc[n+]1C. The molecule has 37 heavy (non-hydrogen) atoms. The zero-order valence-electron chi connectivity index (χ0n) is 21.7. The van der Waals surface area contributed by atoms with E-state index >= 15 is 0 Å². The number of aromatic nitrogens is 1. The lowest BCUT2D eigenvalue weighted by molar-refractivity contribution is -0.660. The second-order valence-electron chi connectivity index (χ2n) is 10.4. The number of aryl methyl sites for hydroxylation is 2. The highest BCUT2D eigenvalue weighted by Crippen LogP contribution is 2.41. The van der Waals surface area contributed by atoms with Crippen LogP contribution in [-0.4, -0.2) is 8.07 Å². The van der Waals surface area contributed by atoms with Gasteiger partial charge in [-0.2, -0.15) is 0 Å². The predicted molar refractivity (Wildman–Crippen MR) is 157 cm³/mol. The van der Waals surface area contributed by atoms with E-state index in [4.69, 9.17) is 6.57 Å². The van der Waals surface area contributed by atoms with Crippen molar-refractivity contribution in [1.82, 2.24) is 0 Å². The zero-order chi connectivity index (χ0) is 25.7. The maximum Gasteiger partial charge on any atom is 0.212 e. The van der Waals surface area contributed by atoms with Gasteiger partial charge >= 0.3 is 0 Å². The summed E-state index contributed by atoms with van der Waals surface area (Å²) in [4.78, 5) is 4.04. The Morgan fingerprint density at radius 3 is 2.05 bits per heavy atom. The Balaban J connectivity index is 1.64. The van der Waals surface area contributed by atoms with E-state index in [0.29, 0.717) is 0 Å². The van der Waals surface area contributed by atoms with Gasteiger partial charge in [-0.3, -0.25) is 0 Å². The lowest BCUT2D eigenvalue weighted by atomic mass is 9.93. The molecule has 1 aliphatic rings. The van der Waals surface area contributed by atoms with Crippen LogP contribution >= 0.6 is 0 Å². The molecule has 1 aromatic heterocycles. The molecule has 0 spiro atoms. The molecular weight excluding hydrogens is 464 g/mol. The van der Waals surface area contributed by atoms with E-state index in [0.717, 1.165) is 16.8 Å². The summed E-state index contributed by atoms with van der Waals surface area (Å²) in [6, 6.07) is 34.4. The van der Waals surface area contributed by atoms with Gasteiger partial charge in [-0.25, -0.2) is 9.41 Å². The van der Waals surface area contributed by atoms with Crippen molar-refractivity contribution in [3.05, 3.63) is 120 Å². The monoisotopic (exact) mass is 493 g/mol. The molecular formula is C34H29N2Si+. The van der Waals surface area contributed by atoms with Crippen LogP contribution in [0, 0.1) is 13.5 Å². The fourth-order valence-electron chi connectivity index (χ4n) is 6.15. The minimum Gasteiger partial charge on any atom is -0.238 e. The summed E-state index contributed by atoms with van der Waals surface area (Å²) in [5.74, 6) is 0. The van der Waals surface area contributed by atoms with Gasteiger partial charge in [0.05, 0.1) is 6.57 Å². The van der Waals surface area contributed by atoms with Gasteiger partial charge in [-0.15, -0.1) is 0 Å². The Hall–Kier alpha value is -4.26. The lowest BCUT2D eigenvalue weighted by Gasteiger charge is -2.25. The molecule has 5 aromatic rings. The number of benzene rings is 4. The van der Waals surface area contributed by atoms with Crippen molar-refractivity contribution in [2.45, 2.75) is 20.0 Å². The maximum absolute atomic E-state index is 8.08. The van der Waals surface area contributed by atoms with Crippen molar-refractivity contribution in [3.8, 4) is 44.6 Å². The number of rotatable bonds is 3. The molecule has 0 atom stereocenters. The predicted octanol–water partition coefficient (Wildman–Crippen LogP) is 7.17. The summed E-state index contributed by atoms with van der Waals surface area (Å²) in [5.41, 5.74) is 11.8. The Kier molecular flexibility index (Phi) is 5.44. The molecule has 0 radical (unpaired) electrons. The average Bonchev–Trinajstić information content (AvgIpc) is 3.16. The van der Waals surface area contributed by atoms with Crippen LogP contribution in [0.15, 0.2) is 103 Å². The molecule has 0 N–H and O–H groups in total. The van der Waals surface area contributed by atoms with Gasteiger partial charge in [-0.05, 0) is 68.4 Å². The van der Waals surface area contributed by atoms with E-state index in [-0.39, 0.29) is 0 Å². The van der Waals surface area contributed by atoms with E-state index in [2.05, 4.69) is 128 Å². The van der Waals surface area contributed by atoms with E-state index in [1.807, 2.05) is 12.1 Å². The summed E-state index contributed by atoms with van der Waals surface area (Å²) in [6.07, 6.45) is 2.13. The summed E-state index contributed by atoms with van der Waals surface area (Å²) < 4.78 is 2.23. The largest absolute Gasteiger partial charge is 0.238 e. The Morgan fingerprint density at radius 1 is 0.676 bits per heavy atom. The smallest absolute Gasteiger partial charge is 0.212 e. The molecule has 0 unspecified atom stereocenters. The molecule has 2 heterocycles. The van der Waals surface area contributed by atoms with Crippen molar-refractivity contribution >= 4 is 24.1 Å². The third-order valence-corrected chi connectivity index (χ3v) is 11.4. The third-order valence-electron chi connectivity index (χ3n) is 7.83. The molecule has 0 fully saturated rings. The highest BCUT2D eigenvalue weighted by atomic mass is 28.3. The number of nitrogens with zero attached hydrogens (tertiary/aromatic N) is 2. The quantitative estimate of drug-likeness (QED) is 0.143. The van der Waals surface area contributed by atoms with Crippen LogP contribution in [0.3, 0.4) is 0 Å². The summed E-state index contributed by atoms with van der Waals surface area (Å²) in [5, 5.41) is 2.86. The fourth-order valence-corrected chi connectivity index (χ4v) is 10.0. The number of pyridine rings is 1. The third kappa shape index (κ3) is 3.56. The van der Waals surface area contributed by atoms with Gasteiger partial charge in [0.2, 0.25) is 5.69 Å². The zero-order valence-corrected chi connectivity index (χ0v) is 22.7. The fraction of sp³-hybridized carbons (Fsp3) is 0.118. The lowest BCUT2D eigenvalue weighted by Crippen LogP contribution is -2.51. The molecule has 178 valence electrons. The summed E-state index contributed by atoms with van der Waals surface area (Å²) >= 11 is 0. The Morgan fingerprint density at radius 2 is 1.32 bits per heavy atom. The van der Waals surface area contributed by atoms with Crippen LogP contribution in [0.4, 0.5) is 5.69 Å². The van der Waals surface area contributed by atoms with E-state index in [1.165, 1.54) is 49.4 Å². The van der Waals surface area contributed by atoms with E-state index < -0.39 is 8.07 Å². The van der Waals surface area contributed by atoms with Crippen molar-refractivity contribution in [2.75, 3.05) is 0 Å². The van der Waals surface area contributed by atoms with Crippen LogP contribution in [0.1, 0.15) is 5.56 Å². The van der Waals surface area contributed by atoms with Gasteiger partial charge in [0.25, 0.3) is 0 Å². The highest BCUT2D eigenvalue weighted by Gasteiger charge is 2.43. The van der Waals surface area contributed by atoms with Crippen molar-refractivity contribution < 1.29 is 4.57 Å². The number of hydrogen-bond donors (Lipinski definition) is 0. The van der Waals surface area contributed by atoms with Crippen molar-refractivity contribution in [2.24, 2.45) is 7.05 Å². The van der Waals surface area contributed by atoms with E-state index in [9.17, 15) is 0 Å². The molecule has 0 saturated heterocycles. The van der Waals surface area contributed by atoms with Crippen molar-refractivity contribution in [3.63, 3.8) is 0 Å². The van der Waals surface area contributed by atoms with Gasteiger partial charge in [0, 0.05) is 17.7 Å². The number of hydrogen-bond acceptors (Lipinski definition) is 0. The van der Waals surface area contributed by atoms with Crippen LogP contribution < -0.4 is 14.9 Å². The first-order valence-electron chi connectivity index (χ1n) is 12.7. The second-order valence-corrected chi connectivity index (χ2v) is 14.7. The van der Waals surface area contributed by atoms with Crippen LogP contribution in [-0.2, 0) is 7.05 Å². The Labute approximate surface area is 220 Å². The summed E-state index contributed by atoms with van der Waals surface area (Å²) in [7, 11) is -0.0641. The Bertz CT molecular complexity index is 1730. The summed E-state index contributed by atoms with van der Waals surface area (Å²) in [6.45, 7) is 15.2. The maximum atomic E-state index is 8.08. The average molecular weight is 494 g/mol. The first-order chi connectivity index (χ1) is 17.9. The van der Waals surface area contributed by atoms with E-state index in [1.54, 1.807) is 0 Å². The van der Waals surface area contributed by atoms with Gasteiger partial charge in [0.1, 0.15) is 15.1 Å². The first kappa shape index (κ1) is 23.2. The van der Waals surface area contributed by atoms with Crippen LogP contribution in [0.2, 0.25) is 13.1 Å². The topological polar surface area (TPSA) is 8.24 Å². The molecule has 0 saturated carbocycles. The molecule has 2 nitrogen and oxygen atoms in total. The normalized spacial score (nSPS) is 13.1. The van der Waals surface area contributed by atoms with Crippen molar-refractivity contribution in [1.29, 1.82) is 0 Å². The molecule has 4 aromatic carbocycles. The molecule has 6 rings (SSSR count). The molecule has 0 amide bonds. The van der Waals surface area contributed by atoms with Gasteiger partial charge in [0.15, 0.2) is 11.9 Å². The highest BCUT2D eigenvalue weighted by molar-refractivity contribution is 7.05. The van der Waals surface area contributed by atoms with Crippen LogP contribution in [0.25, 0.3) is 49.5 Å². The second kappa shape index (κ2) is 8.69. The van der Waals surface area contributed by atoms with Gasteiger partial charge in [-0.1, -0.05) is 85.9 Å². The molecule has 1 aliphatic heterocycles.